The van der Waals surface area contributed by atoms with Crippen molar-refractivity contribution in [3.8, 4) is 0 Å². The van der Waals surface area contributed by atoms with Gasteiger partial charge in [0.1, 0.15) is 0 Å². The van der Waals surface area contributed by atoms with Crippen molar-refractivity contribution < 1.29 is 9.59 Å². The van der Waals surface area contributed by atoms with Crippen LogP contribution >= 0.6 is 0 Å². The molecular formula is C10H15N2O2. The molecule has 4 heteroatoms. The van der Waals surface area contributed by atoms with Gasteiger partial charge in [-0.25, -0.2) is 5.01 Å². The van der Waals surface area contributed by atoms with Crippen molar-refractivity contribution in [1.82, 2.24) is 10.0 Å². The summed E-state index contributed by atoms with van der Waals surface area (Å²) >= 11 is 0. The maximum absolute atomic E-state index is 11.6. The molecule has 0 aromatic carbocycles. The Morgan fingerprint density at radius 1 is 1.00 bits per heavy atom. The van der Waals surface area contributed by atoms with Crippen molar-refractivity contribution in [3.05, 3.63) is 6.54 Å². The Labute approximate surface area is 83.8 Å². The Hall–Kier alpha value is -1.06. The fourth-order valence-corrected chi connectivity index (χ4v) is 1.94. The molecule has 2 aliphatic rings. The van der Waals surface area contributed by atoms with E-state index < -0.39 is 0 Å². The van der Waals surface area contributed by atoms with Gasteiger partial charge in [-0.2, -0.15) is 0 Å². The Balaban J connectivity index is 2.04. The van der Waals surface area contributed by atoms with Crippen LogP contribution in [0, 0.1) is 6.54 Å². The van der Waals surface area contributed by atoms with Crippen LogP contribution in [0.3, 0.4) is 0 Å². The predicted octanol–water partition coefficient (Wildman–Crippen LogP) is 1.09. The van der Waals surface area contributed by atoms with Gasteiger partial charge in [0.15, 0.2) is 0 Å². The molecule has 2 rings (SSSR count). The van der Waals surface area contributed by atoms with E-state index in [0.29, 0.717) is 19.4 Å². The van der Waals surface area contributed by atoms with Crippen LogP contribution in [0.25, 0.3) is 0 Å². The summed E-state index contributed by atoms with van der Waals surface area (Å²) < 4.78 is 0. The second-order valence-corrected chi connectivity index (χ2v) is 3.79. The molecule has 1 radical (unpaired) electrons. The van der Waals surface area contributed by atoms with E-state index in [4.69, 9.17) is 0 Å². The molecule has 0 unspecified atom stereocenters. The fourth-order valence-electron chi connectivity index (χ4n) is 1.94. The monoisotopic (exact) mass is 195 g/mol. The first-order valence-corrected chi connectivity index (χ1v) is 5.25. The van der Waals surface area contributed by atoms with E-state index in [9.17, 15) is 9.59 Å². The normalized spacial score (nSPS) is 24.3. The highest BCUT2D eigenvalue weighted by molar-refractivity contribution is 5.83. The van der Waals surface area contributed by atoms with Gasteiger partial charge >= 0.3 is 0 Å². The molecule has 2 aliphatic heterocycles. The topological polar surface area (TPSA) is 40.6 Å². The van der Waals surface area contributed by atoms with Crippen LogP contribution in [0.4, 0.5) is 0 Å². The highest BCUT2D eigenvalue weighted by Crippen LogP contribution is 2.21. The van der Waals surface area contributed by atoms with Crippen molar-refractivity contribution in [2.24, 2.45) is 0 Å². The summed E-state index contributed by atoms with van der Waals surface area (Å²) in [5.74, 6) is 0.147. The molecule has 4 nitrogen and oxygen atoms in total. The van der Waals surface area contributed by atoms with Gasteiger partial charge in [0.05, 0.1) is 6.54 Å². The first-order chi connectivity index (χ1) is 6.79. The summed E-state index contributed by atoms with van der Waals surface area (Å²) in [5, 5.41) is 3.13. The second-order valence-electron chi connectivity index (χ2n) is 3.79. The van der Waals surface area contributed by atoms with E-state index in [1.165, 1.54) is 5.01 Å². The quantitative estimate of drug-likeness (QED) is 0.628. The molecule has 14 heavy (non-hydrogen) atoms. The minimum atomic E-state index is 0.0616. The molecule has 0 saturated carbocycles. The van der Waals surface area contributed by atoms with Crippen LogP contribution in [0.15, 0.2) is 0 Å². The number of piperidine rings is 2. The number of hydrazine groups is 1. The third-order valence-corrected chi connectivity index (χ3v) is 2.71. The van der Waals surface area contributed by atoms with E-state index >= 15 is 0 Å². The van der Waals surface area contributed by atoms with Gasteiger partial charge in [0, 0.05) is 19.4 Å². The van der Waals surface area contributed by atoms with Gasteiger partial charge in [-0.05, 0) is 25.7 Å². The number of amides is 2. The first-order valence-electron chi connectivity index (χ1n) is 5.25. The predicted molar refractivity (Wildman–Crippen MR) is 50.6 cm³/mol. The molecule has 77 valence electrons. The first kappa shape index (κ1) is 9.49. The van der Waals surface area contributed by atoms with E-state index in [1.807, 2.05) is 6.54 Å². The van der Waals surface area contributed by atoms with Gasteiger partial charge < -0.3 is 0 Å². The van der Waals surface area contributed by atoms with Crippen molar-refractivity contribution in [2.75, 3.05) is 6.54 Å². The minimum absolute atomic E-state index is 0.0616. The molecule has 2 fully saturated rings. The molecule has 2 heterocycles. The van der Waals surface area contributed by atoms with Crippen molar-refractivity contribution in [2.45, 2.75) is 38.5 Å². The number of hydrogen-bond donors (Lipinski definition) is 0. The van der Waals surface area contributed by atoms with Crippen LogP contribution < -0.4 is 0 Å². The van der Waals surface area contributed by atoms with Gasteiger partial charge in [-0.1, -0.05) is 0 Å². The maximum atomic E-state index is 11.6. The summed E-state index contributed by atoms with van der Waals surface area (Å²) in [6.07, 6.45) is 4.92. The lowest BCUT2D eigenvalue weighted by molar-refractivity contribution is -0.164. The van der Waals surface area contributed by atoms with Crippen LogP contribution in [0.5, 0.6) is 0 Å². The molecule has 0 atom stereocenters. The Kier molecular flexibility index (Phi) is 2.70. The highest BCUT2D eigenvalue weighted by Gasteiger charge is 2.29. The van der Waals surface area contributed by atoms with E-state index in [2.05, 4.69) is 0 Å². The summed E-state index contributed by atoms with van der Waals surface area (Å²) in [7, 11) is 0. The lowest BCUT2D eigenvalue weighted by atomic mass is 10.1. The summed E-state index contributed by atoms with van der Waals surface area (Å²) in [6.45, 7) is 2.54. The number of hydrogen-bond acceptors (Lipinski definition) is 2. The fraction of sp³-hybridized carbons (Fsp3) is 0.700. The summed E-state index contributed by atoms with van der Waals surface area (Å²) in [4.78, 5) is 23.1. The van der Waals surface area contributed by atoms with Crippen molar-refractivity contribution in [3.63, 3.8) is 0 Å². The maximum Gasteiger partial charge on any atom is 0.241 e. The van der Waals surface area contributed by atoms with Gasteiger partial charge in [0.2, 0.25) is 11.8 Å². The molecule has 0 bridgehead atoms. The summed E-state index contributed by atoms with van der Waals surface area (Å²) in [6, 6.07) is 0. The molecule has 2 amide bonds. The van der Waals surface area contributed by atoms with Crippen molar-refractivity contribution in [1.29, 1.82) is 0 Å². The third kappa shape index (κ3) is 1.74. The third-order valence-electron chi connectivity index (χ3n) is 2.71. The summed E-state index contributed by atoms with van der Waals surface area (Å²) in [5.41, 5.74) is 0. The zero-order chi connectivity index (χ0) is 9.97. The van der Waals surface area contributed by atoms with E-state index in [0.717, 1.165) is 25.7 Å². The second kappa shape index (κ2) is 3.98. The number of carbonyl (C=O) groups excluding carboxylic acids is 2. The lowest BCUT2D eigenvalue weighted by Gasteiger charge is -2.38. The highest BCUT2D eigenvalue weighted by atomic mass is 16.2. The molecular weight excluding hydrogens is 180 g/mol. The van der Waals surface area contributed by atoms with Crippen LogP contribution in [0.2, 0.25) is 0 Å². The molecule has 0 aromatic rings. The molecule has 0 aliphatic carbocycles. The van der Waals surface area contributed by atoms with Gasteiger partial charge in [0.25, 0.3) is 0 Å². The average Bonchev–Trinajstić information content (AvgIpc) is 2.20. The average molecular weight is 195 g/mol. The lowest BCUT2D eigenvalue weighted by Crippen LogP contribution is -2.51. The van der Waals surface area contributed by atoms with Crippen LogP contribution in [-0.4, -0.2) is 28.4 Å². The van der Waals surface area contributed by atoms with Gasteiger partial charge in [-0.3, -0.25) is 14.6 Å². The Bertz CT molecular complexity index is 227. The molecule has 0 spiro atoms. The standard InChI is InChI=1S/C10H15N2O2/c13-9-5-1-3-7-11(9)12-8-4-2-6-10(12)14/h7H,1-6,8H2. The molecule has 2 saturated heterocycles. The Morgan fingerprint density at radius 3 is 2.50 bits per heavy atom. The SMILES string of the molecule is O=C1CCC[CH]N1N1CCCCC1=O. The Morgan fingerprint density at radius 2 is 1.79 bits per heavy atom. The van der Waals surface area contributed by atoms with Crippen LogP contribution in [-0.2, 0) is 9.59 Å². The van der Waals surface area contributed by atoms with Gasteiger partial charge in [-0.15, -0.1) is 0 Å². The molecule has 0 aromatic heterocycles. The van der Waals surface area contributed by atoms with Crippen molar-refractivity contribution >= 4 is 11.8 Å². The van der Waals surface area contributed by atoms with E-state index in [-0.39, 0.29) is 11.8 Å². The zero-order valence-corrected chi connectivity index (χ0v) is 8.24. The van der Waals surface area contributed by atoms with Crippen LogP contribution in [0.1, 0.15) is 38.5 Å². The number of rotatable bonds is 1. The number of carbonyl (C=O) groups is 2. The van der Waals surface area contributed by atoms with E-state index in [1.54, 1.807) is 5.01 Å². The number of nitrogens with zero attached hydrogens (tertiary/aromatic N) is 2. The molecule has 0 N–H and O–H groups in total. The smallest absolute Gasteiger partial charge is 0.241 e. The largest absolute Gasteiger partial charge is 0.273 e. The minimum Gasteiger partial charge on any atom is -0.273 e. The zero-order valence-electron chi connectivity index (χ0n) is 8.24.